The zero-order chi connectivity index (χ0) is 22.7. The highest BCUT2D eigenvalue weighted by Crippen LogP contribution is 2.31. The van der Waals surface area contributed by atoms with Gasteiger partial charge in [0.2, 0.25) is 0 Å². The second-order valence-electron chi connectivity index (χ2n) is 7.25. The topological polar surface area (TPSA) is 103 Å². The minimum atomic E-state index is -4.79. The number of halogens is 3. The van der Waals surface area contributed by atoms with Crippen LogP contribution in [-0.2, 0) is 6.61 Å². The van der Waals surface area contributed by atoms with Crippen LogP contribution in [-0.4, -0.2) is 45.6 Å². The van der Waals surface area contributed by atoms with Gasteiger partial charge in [-0.3, -0.25) is 9.89 Å². The Kier molecular flexibility index (Phi) is 5.99. The number of aromatic amines is 1. The van der Waals surface area contributed by atoms with Gasteiger partial charge in [0.05, 0.1) is 23.6 Å². The van der Waals surface area contributed by atoms with Crippen LogP contribution in [0.25, 0.3) is 11.3 Å². The fourth-order valence-electron chi connectivity index (χ4n) is 3.49. The molecule has 1 aliphatic heterocycles. The van der Waals surface area contributed by atoms with Gasteiger partial charge >= 0.3 is 6.36 Å². The van der Waals surface area contributed by atoms with Crippen molar-refractivity contribution in [3.63, 3.8) is 0 Å². The van der Waals surface area contributed by atoms with Gasteiger partial charge in [-0.15, -0.1) is 13.2 Å². The van der Waals surface area contributed by atoms with E-state index in [2.05, 4.69) is 30.1 Å². The molecule has 168 valence electrons. The molecule has 0 unspecified atom stereocenters. The number of H-pyrrole nitrogens is 1. The first-order chi connectivity index (χ1) is 15.3. The molecular weight excluding hydrogens is 427 g/mol. The van der Waals surface area contributed by atoms with Gasteiger partial charge in [0.25, 0.3) is 5.91 Å². The smallest absolute Gasteiger partial charge is 0.406 e. The molecule has 1 saturated heterocycles. The first-order valence-corrected chi connectivity index (χ1v) is 9.90. The van der Waals surface area contributed by atoms with Crippen LogP contribution in [0, 0.1) is 0 Å². The summed E-state index contributed by atoms with van der Waals surface area (Å²) in [5.41, 5.74) is 2.31. The number of carbonyl (C=O) groups is 1. The van der Waals surface area contributed by atoms with E-state index in [1.165, 1.54) is 18.3 Å². The third-order valence-corrected chi connectivity index (χ3v) is 4.96. The summed E-state index contributed by atoms with van der Waals surface area (Å²) in [6.45, 7) is 1.47. The van der Waals surface area contributed by atoms with Crippen molar-refractivity contribution >= 4 is 17.4 Å². The van der Waals surface area contributed by atoms with E-state index in [0.29, 0.717) is 28.5 Å². The van der Waals surface area contributed by atoms with Gasteiger partial charge in [0.15, 0.2) is 0 Å². The molecule has 3 N–H and O–H groups in total. The molecule has 0 spiro atoms. The summed E-state index contributed by atoms with van der Waals surface area (Å²) >= 11 is 0. The van der Waals surface area contributed by atoms with Crippen molar-refractivity contribution in [1.82, 2.24) is 15.2 Å². The Bertz CT molecular complexity index is 1090. The highest BCUT2D eigenvalue weighted by molar-refractivity contribution is 6.05. The molecule has 4 rings (SSSR count). The van der Waals surface area contributed by atoms with E-state index in [9.17, 15) is 23.1 Å². The second kappa shape index (κ2) is 8.87. The van der Waals surface area contributed by atoms with E-state index in [1.807, 2.05) is 0 Å². The normalized spacial score (nSPS) is 13.9. The van der Waals surface area contributed by atoms with Gasteiger partial charge in [-0.2, -0.15) is 5.10 Å². The lowest BCUT2D eigenvalue weighted by Gasteiger charge is -2.20. The van der Waals surface area contributed by atoms with Gasteiger partial charge in [-0.25, -0.2) is 4.98 Å². The first kappa shape index (κ1) is 21.6. The van der Waals surface area contributed by atoms with Crippen molar-refractivity contribution in [2.75, 3.05) is 23.3 Å². The highest BCUT2D eigenvalue weighted by Gasteiger charge is 2.31. The third-order valence-electron chi connectivity index (χ3n) is 4.96. The molecule has 0 bridgehead atoms. The summed E-state index contributed by atoms with van der Waals surface area (Å²) in [5.74, 6) is -0.146. The van der Waals surface area contributed by atoms with Crippen molar-refractivity contribution in [3.05, 3.63) is 53.9 Å². The Hall–Kier alpha value is -3.60. The van der Waals surface area contributed by atoms with E-state index < -0.39 is 12.3 Å². The van der Waals surface area contributed by atoms with Crippen molar-refractivity contribution in [3.8, 4) is 17.0 Å². The van der Waals surface area contributed by atoms with Crippen LogP contribution in [0.5, 0.6) is 5.75 Å². The molecule has 0 radical (unpaired) electrons. The van der Waals surface area contributed by atoms with Gasteiger partial charge in [0, 0.05) is 30.5 Å². The maximum Gasteiger partial charge on any atom is 0.573 e. The summed E-state index contributed by atoms with van der Waals surface area (Å²) < 4.78 is 40.7. The number of ether oxygens (including phenoxy) is 1. The van der Waals surface area contributed by atoms with Gasteiger partial charge in [-0.1, -0.05) is 0 Å². The summed E-state index contributed by atoms with van der Waals surface area (Å²) in [6, 6.07) is 8.22. The maximum absolute atomic E-state index is 12.8. The monoisotopic (exact) mass is 447 g/mol. The van der Waals surface area contributed by atoms with Gasteiger partial charge < -0.3 is 20.1 Å². The molecule has 2 aromatic heterocycles. The number of aliphatic hydroxyl groups is 1. The number of carbonyl (C=O) groups excluding carboxylic acids is 1. The van der Waals surface area contributed by atoms with Crippen molar-refractivity contribution < 1.29 is 27.8 Å². The molecule has 1 amide bonds. The molecular formula is C21H20F3N5O3. The Morgan fingerprint density at radius 2 is 1.91 bits per heavy atom. The highest BCUT2D eigenvalue weighted by atomic mass is 19.4. The Balaban J connectivity index is 1.57. The van der Waals surface area contributed by atoms with Crippen LogP contribution in [0.1, 0.15) is 28.9 Å². The van der Waals surface area contributed by atoms with Crippen molar-refractivity contribution in [2.24, 2.45) is 0 Å². The van der Waals surface area contributed by atoms with E-state index in [4.69, 9.17) is 0 Å². The third kappa shape index (κ3) is 4.99. The SMILES string of the molecule is O=C(Nc1ccc(OC(F)(F)F)cc1)c1cnc(N2CCCC2)c(-c2cc(CO)n[nH]2)c1. The maximum atomic E-state index is 12.8. The minimum Gasteiger partial charge on any atom is -0.406 e. The summed E-state index contributed by atoms with van der Waals surface area (Å²) in [6.07, 6.45) is -1.24. The lowest BCUT2D eigenvalue weighted by molar-refractivity contribution is -0.274. The number of anilines is 2. The van der Waals surface area contributed by atoms with E-state index in [1.54, 1.807) is 12.1 Å². The number of pyridine rings is 1. The van der Waals surface area contributed by atoms with E-state index in [0.717, 1.165) is 38.1 Å². The number of rotatable bonds is 6. The molecule has 1 fully saturated rings. The summed E-state index contributed by atoms with van der Waals surface area (Å²) in [4.78, 5) is 19.4. The number of nitrogens with zero attached hydrogens (tertiary/aromatic N) is 3. The van der Waals surface area contributed by atoms with Crippen molar-refractivity contribution in [1.29, 1.82) is 0 Å². The number of alkyl halides is 3. The van der Waals surface area contributed by atoms with Crippen LogP contribution in [0.4, 0.5) is 24.7 Å². The Morgan fingerprint density at radius 1 is 1.19 bits per heavy atom. The largest absolute Gasteiger partial charge is 0.573 e. The fraction of sp³-hybridized carbons (Fsp3) is 0.286. The fourth-order valence-corrected chi connectivity index (χ4v) is 3.49. The average molecular weight is 447 g/mol. The van der Waals surface area contributed by atoms with Crippen molar-refractivity contribution in [2.45, 2.75) is 25.8 Å². The quantitative estimate of drug-likeness (QED) is 0.532. The van der Waals surface area contributed by atoms with E-state index in [-0.39, 0.29) is 17.9 Å². The molecule has 0 saturated carbocycles. The molecule has 1 aliphatic rings. The number of hydrogen-bond donors (Lipinski definition) is 3. The number of benzene rings is 1. The molecule has 32 heavy (non-hydrogen) atoms. The zero-order valence-corrected chi connectivity index (χ0v) is 16.8. The molecule has 3 heterocycles. The van der Waals surface area contributed by atoms with E-state index >= 15 is 0 Å². The molecule has 0 aliphatic carbocycles. The standard InChI is InChI=1S/C21H20F3N5O3/c22-21(23,24)32-16-5-3-14(4-6-16)26-20(31)13-9-17(18-10-15(12-30)27-28-18)19(25-11-13)29-7-1-2-8-29/h3-6,9-11,30H,1-2,7-8,12H2,(H,26,31)(H,27,28). The summed E-state index contributed by atoms with van der Waals surface area (Å²) in [5, 5.41) is 18.9. The number of nitrogens with one attached hydrogen (secondary N) is 2. The van der Waals surface area contributed by atoms with Crippen LogP contribution >= 0.6 is 0 Å². The molecule has 11 heteroatoms. The van der Waals surface area contributed by atoms with Crippen LogP contribution < -0.4 is 15.0 Å². The van der Waals surface area contributed by atoms with Crippen LogP contribution in [0.15, 0.2) is 42.6 Å². The van der Waals surface area contributed by atoms with Gasteiger partial charge in [-0.05, 0) is 49.2 Å². The predicted octanol–water partition coefficient (Wildman–Crippen LogP) is 3.72. The molecule has 8 nitrogen and oxygen atoms in total. The molecule has 0 atom stereocenters. The number of aromatic nitrogens is 3. The van der Waals surface area contributed by atoms with Crippen LogP contribution in [0.2, 0.25) is 0 Å². The Labute approximate surface area is 181 Å². The van der Waals surface area contributed by atoms with Gasteiger partial charge in [0.1, 0.15) is 11.6 Å². The van der Waals surface area contributed by atoms with Crippen LogP contribution in [0.3, 0.4) is 0 Å². The molecule has 3 aromatic rings. The minimum absolute atomic E-state index is 0.225. The zero-order valence-electron chi connectivity index (χ0n) is 16.8. The Morgan fingerprint density at radius 3 is 2.53 bits per heavy atom. The lowest BCUT2D eigenvalue weighted by Crippen LogP contribution is -2.21. The summed E-state index contributed by atoms with van der Waals surface area (Å²) in [7, 11) is 0. The number of hydrogen-bond acceptors (Lipinski definition) is 6. The average Bonchev–Trinajstić information content (AvgIpc) is 3.46. The lowest BCUT2D eigenvalue weighted by atomic mass is 10.1. The second-order valence-corrected chi connectivity index (χ2v) is 7.25. The first-order valence-electron chi connectivity index (χ1n) is 9.90. The number of amides is 1. The molecule has 1 aromatic carbocycles. The predicted molar refractivity (Wildman–Crippen MR) is 110 cm³/mol. The number of aliphatic hydroxyl groups excluding tert-OH is 1.